The second-order valence-electron chi connectivity index (χ2n) is 4.86. The molecule has 2 N–H and O–H groups in total. The van der Waals surface area contributed by atoms with Crippen molar-refractivity contribution in [3.05, 3.63) is 42.5 Å². The summed E-state index contributed by atoms with van der Waals surface area (Å²) in [6.45, 7) is 1.97. The van der Waals surface area contributed by atoms with Crippen LogP contribution in [0.5, 0.6) is 0 Å². The standard InChI is InChI=1S/C15H18N4O3/c1-2-3-5-12(15(21)22)18-14(20)13-10-11(6-8-16-13)19-9-4-7-17-19/h4,6-10,12H,2-3,5H2,1H3,(H,18,20)(H,21,22). The first kappa shape index (κ1) is 15.7. The topological polar surface area (TPSA) is 97.1 Å². The number of carbonyl (C=O) groups excluding carboxylic acids is 1. The second-order valence-corrected chi connectivity index (χ2v) is 4.86. The maximum absolute atomic E-state index is 12.2. The molecule has 2 rings (SSSR count). The molecule has 7 heteroatoms. The van der Waals surface area contributed by atoms with E-state index >= 15 is 0 Å². The number of amides is 1. The van der Waals surface area contributed by atoms with Gasteiger partial charge in [0.2, 0.25) is 0 Å². The molecule has 0 aliphatic heterocycles. The first-order chi connectivity index (χ1) is 10.6. The van der Waals surface area contributed by atoms with Crippen LogP contribution >= 0.6 is 0 Å². The van der Waals surface area contributed by atoms with E-state index in [0.717, 1.165) is 12.8 Å². The molecule has 0 bridgehead atoms. The summed E-state index contributed by atoms with van der Waals surface area (Å²) in [6.07, 6.45) is 6.87. The lowest BCUT2D eigenvalue weighted by Crippen LogP contribution is -2.41. The molecule has 0 aromatic carbocycles. The Morgan fingerprint density at radius 3 is 2.86 bits per heavy atom. The Bertz CT molecular complexity index is 640. The molecule has 0 spiro atoms. The van der Waals surface area contributed by atoms with E-state index in [1.54, 1.807) is 35.3 Å². The fourth-order valence-electron chi connectivity index (χ4n) is 2.01. The van der Waals surface area contributed by atoms with Crippen LogP contribution in [-0.4, -0.2) is 37.8 Å². The van der Waals surface area contributed by atoms with Crippen molar-refractivity contribution in [2.24, 2.45) is 0 Å². The highest BCUT2D eigenvalue weighted by Gasteiger charge is 2.20. The van der Waals surface area contributed by atoms with E-state index < -0.39 is 17.9 Å². The fourth-order valence-corrected chi connectivity index (χ4v) is 2.01. The summed E-state index contributed by atoms with van der Waals surface area (Å²) < 4.78 is 1.60. The monoisotopic (exact) mass is 302 g/mol. The van der Waals surface area contributed by atoms with Crippen LogP contribution in [-0.2, 0) is 4.79 Å². The molecule has 0 aliphatic rings. The molecule has 0 fully saturated rings. The molecule has 116 valence electrons. The highest BCUT2D eigenvalue weighted by Crippen LogP contribution is 2.08. The quantitative estimate of drug-likeness (QED) is 0.810. The number of carbonyl (C=O) groups is 2. The van der Waals surface area contributed by atoms with Crippen molar-refractivity contribution in [1.29, 1.82) is 0 Å². The molecular weight excluding hydrogens is 284 g/mol. The maximum atomic E-state index is 12.2. The molecule has 7 nitrogen and oxygen atoms in total. The number of nitrogens with one attached hydrogen (secondary N) is 1. The van der Waals surface area contributed by atoms with Gasteiger partial charge in [0.15, 0.2) is 0 Å². The van der Waals surface area contributed by atoms with Crippen LogP contribution in [0.4, 0.5) is 0 Å². The summed E-state index contributed by atoms with van der Waals surface area (Å²) in [7, 11) is 0. The zero-order valence-corrected chi connectivity index (χ0v) is 12.3. The molecule has 2 heterocycles. The van der Waals surface area contributed by atoms with Gasteiger partial charge in [0.25, 0.3) is 5.91 Å². The van der Waals surface area contributed by atoms with Gasteiger partial charge in [0, 0.05) is 18.6 Å². The molecule has 0 saturated carbocycles. The highest BCUT2D eigenvalue weighted by atomic mass is 16.4. The zero-order valence-electron chi connectivity index (χ0n) is 12.3. The van der Waals surface area contributed by atoms with Crippen LogP contribution in [0.25, 0.3) is 5.69 Å². The minimum absolute atomic E-state index is 0.163. The lowest BCUT2D eigenvalue weighted by molar-refractivity contribution is -0.139. The van der Waals surface area contributed by atoms with Gasteiger partial charge < -0.3 is 10.4 Å². The van der Waals surface area contributed by atoms with E-state index in [0.29, 0.717) is 12.1 Å². The number of pyridine rings is 1. The predicted octanol–water partition coefficient (Wildman–Crippen LogP) is 1.64. The molecule has 1 atom stereocenters. The fraction of sp³-hybridized carbons (Fsp3) is 0.333. The van der Waals surface area contributed by atoms with E-state index in [1.165, 1.54) is 6.20 Å². The van der Waals surface area contributed by atoms with E-state index in [1.807, 2.05) is 6.92 Å². The average molecular weight is 302 g/mol. The Labute approximate surface area is 128 Å². The number of carboxylic acid groups (broad SMARTS) is 1. The normalized spacial score (nSPS) is 11.9. The van der Waals surface area contributed by atoms with Gasteiger partial charge in [-0.1, -0.05) is 19.8 Å². The molecule has 0 saturated heterocycles. The number of carboxylic acids is 1. The number of unbranched alkanes of at least 4 members (excludes halogenated alkanes) is 1. The van der Waals surface area contributed by atoms with Crippen molar-refractivity contribution >= 4 is 11.9 Å². The third kappa shape index (κ3) is 3.91. The number of rotatable bonds is 7. The molecule has 0 aliphatic carbocycles. The van der Waals surface area contributed by atoms with Crippen molar-refractivity contribution in [3.8, 4) is 5.69 Å². The first-order valence-electron chi connectivity index (χ1n) is 7.11. The smallest absolute Gasteiger partial charge is 0.326 e. The summed E-state index contributed by atoms with van der Waals surface area (Å²) in [5, 5.41) is 15.7. The van der Waals surface area contributed by atoms with Crippen LogP contribution in [0.1, 0.15) is 36.7 Å². The zero-order chi connectivity index (χ0) is 15.9. The summed E-state index contributed by atoms with van der Waals surface area (Å²) >= 11 is 0. The van der Waals surface area contributed by atoms with Crippen LogP contribution in [0, 0.1) is 0 Å². The number of hydrogen-bond acceptors (Lipinski definition) is 4. The lowest BCUT2D eigenvalue weighted by Gasteiger charge is -2.14. The second kappa shape index (κ2) is 7.35. The Hall–Kier alpha value is -2.70. The highest BCUT2D eigenvalue weighted by molar-refractivity contribution is 5.95. The minimum Gasteiger partial charge on any atom is -0.480 e. The molecule has 22 heavy (non-hydrogen) atoms. The largest absolute Gasteiger partial charge is 0.480 e. The van der Waals surface area contributed by atoms with E-state index in [2.05, 4.69) is 15.4 Å². The Morgan fingerprint density at radius 1 is 1.41 bits per heavy atom. The van der Waals surface area contributed by atoms with Crippen molar-refractivity contribution in [1.82, 2.24) is 20.1 Å². The number of aromatic nitrogens is 3. The van der Waals surface area contributed by atoms with Gasteiger partial charge in [0.05, 0.1) is 5.69 Å². The van der Waals surface area contributed by atoms with Crippen LogP contribution < -0.4 is 5.32 Å². The Kier molecular flexibility index (Phi) is 5.24. The van der Waals surface area contributed by atoms with Gasteiger partial charge in [-0.3, -0.25) is 9.78 Å². The predicted molar refractivity (Wildman–Crippen MR) is 79.8 cm³/mol. The maximum Gasteiger partial charge on any atom is 0.326 e. The van der Waals surface area contributed by atoms with Gasteiger partial charge in [-0.25, -0.2) is 9.48 Å². The molecular formula is C15H18N4O3. The van der Waals surface area contributed by atoms with E-state index in [9.17, 15) is 9.59 Å². The number of nitrogens with zero attached hydrogens (tertiary/aromatic N) is 3. The first-order valence-corrected chi connectivity index (χ1v) is 7.11. The molecule has 0 radical (unpaired) electrons. The summed E-state index contributed by atoms with van der Waals surface area (Å²) in [4.78, 5) is 27.4. The van der Waals surface area contributed by atoms with Crippen molar-refractivity contribution in [3.63, 3.8) is 0 Å². The number of hydrogen-bond donors (Lipinski definition) is 2. The Balaban J connectivity index is 2.12. The van der Waals surface area contributed by atoms with Gasteiger partial charge in [-0.2, -0.15) is 5.10 Å². The molecule has 2 aromatic rings. The average Bonchev–Trinajstić information content (AvgIpc) is 3.05. The summed E-state index contributed by atoms with van der Waals surface area (Å²) in [5.41, 5.74) is 0.848. The molecule has 1 amide bonds. The van der Waals surface area contributed by atoms with E-state index in [4.69, 9.17) is 5.11 Å². The molecule has 2 aromatic heterocycles. The third-order valence-electron chi connectivity index (χ3n) is 3.19. The summed E-state index contributed by atoms with van der Waals surface area (Å²) in [6, 6.07) is 4.16. The number of aliphatic carboxylic acids is 1. The SMILES string of the molecule is CCCCC(NC(=O)c1cc(-n2cccn2)ccn1)C(=O)O. The van der Waals surface area contributed by atoms with Crippen molar-refractivity contribution < 1.29 is 14.7 Å². The third-order valence-corrected chi connectivity index (χ3v) is 3.19. The van der Waals surface area contributed by atoms with Crippen LogP contribution in [0.15, 0.2) is 36.8 Å². The summed E-state index contributed by atoms with van der Waals surface area (Å²) in [5.74, 6) is -1.54. The van der Waals surface area contributed by atoms with Gasteiger partial charge in [-0.05, 0) is 24.6 Å². The van der Waals surface area contributed by atoms with Crippen LogP contribution in [0.2, 0.25) is 0 Å². The van der Waals surface area contributed by atoms with Gasteiger partial charge in [0.1, 0.15) is 11.7 Å². The van der Waals surface area contributed by atoms with E-state index in [-0.39, 0.29) is 5.69 Å². The minimum atomic E-state index is -1.04. The molecule has 1 unspecified atom stereocenters. The van der Waals surface area contributed by atoms with Gasteiger partial charge >= 0.3 is 5.97 Å². The van der Waals surface area contributed by atoms with Crippen LogP contribution in [0.3, 0.4) is 0 Å². The van der Waals surface area contributed by atoms with Gasteiger partial charge in [-0.15, -0.1) is 0 Å². The van der Waals surface area contributed by atoms with Crippen molar-refractivity contribution in [2.75, 3.05) is 0 Å². The lowest BCUT2D eigenvalue weighted by atomic mass is 10.1. The Morgan fingerprint density at radius 2 is 2.23 bits per heavy atom. The van der Waals surface area contributed by atoms with Crippen molar-refractivity contribution in [2.45, 2.75) is 32.2 Å².